The van der Waals surface area contributed by atoms with Gasteiger partial charge in [0.1, 0.15) is 10.6 Å². The van der Waals surface area contributed by atoms with Gasteiger partial charge in [-0.2, -0.15) is 4.31 Å². The third kappa shape index (κ3) is 3.34. The second kappa shape index (κ2) is 7.22. The number of halogens is 1. The highest BCUT2D eigenvalue weighted by molar-refractivity contribution is 7.89. The zero-order valence-electron chi connectivity index (χ0n) is 13.2. The molecule has 0 amide bonds. The number of nitro benzene ring substituents is 1. The van der Waals surface area contributed by atoms with Crippen LogP contribution >= 0.6 is 12.4 Å². The number of benzene rings is 1. The summed E-state index contributed by atoms with van der Waals surface area (Å²) in [5.41, 5.74) is -0.195. The van der Waals surface area contributed by atoms with E-state index in [9.17, 15) is 18.5 Å². The quantitative estimate of drug-likeness (QED) is 0.626. The van der Waals surface area contributed by atoms with Gasteiger partial charge in [-0.25, -0.2) is 8.42 Å². The Kier molecular flexibility index (Phi) is 5.69. The molecule has 0 spiro atoms. The minimum absolute atomic E-state index is 0. The maximum atomic E-state index is 12.9. The van der Waals surface area contributed by atoms with Crippen molar-refractivity contribution in [1.29, 1.82) is 0 Å². The van der Waals surface area contributed by atoms with Gasteiger partial charge in [-0.15, -0.1) is 12.4 Å². The lowest BCUT2D eigenvalue weighted by atomic mass is 9.90. The van der Waals surface area contributed by atoms with Gasteiger partial charge in [-0.05, 0) is 37.4 Å². The molecule has 2 aliphatic rings. The number of nitrogens with one attached hydrogen (secondary N) is 1. The third-order valence-corrected chi connectivity index (χ3v) is 6.55. The Bertz CT molecular complexity index is 727. The number of hydrogen-bond donors (Lipinski definition) is 1. The van der Waals surface area contributed by atoms with Crippen molar-refractivity contribution in [1.82, 2.24) is 9.62 Å². The lowest BCUT2D eigenvalue weighted by Gasteiger charge is -2.33. The first-order chi connectivity index (χ1) is 10.9. The van der Waals surface area contributed by atoms with E-state index >= 15 is 0 Å². The van der Waals surface area contributed by atoms with Crippen molar-refractivity contribution >= 4 is 28.1 Å². The highest BCUT2D eigenvalue weighted by Gasteiger charge is 2.38. The molecule has 0 aliphatic carbocycles. The van der Waals surface area contributed by atoms with E-state index < -0.39 is 14.9 Å². The normalized spacial score (nSPS) is 24.0. The van der Waals surface area contributed by atoms with Crippen LogP contribution in [0, 0.1) is 22.0 Å². The van der Waals surface area contributed by atoms with Crippen molar-refractivity contribution in [2.24, 2.45) is 11.8 Å². The first kappa shape index (κ1) is 18.9. The molecule has 10 heteroatoms. The van der Waals surface area contributed by atoms with Crippen molar-refractivity contribution < 1.29 is 18.1 Å². The van der Waals surface area contributed by atoms with E-state index in [2.05, 4.69) is 5.32 Å². The maximum Gasteiger partial charge on any atom is 0.273 e. The van der Waals surface area contributed by atoms with Crippen LogP contribution in [0.3, 0.4) is 0 Å². The Balaban J connectivity index is 0.00000208. The number of methoxy groups -OCH3 is 1. The number of nitro groups is 1. The zero-order valence-corrected chi connectivity index (χ0v) is 14.8. The molecule has 3 rings (SSSR count). The standard InChI is InChI=1S/C14H19N3O5S.ClH/c1-22-13-6-12(17(18)19)2-3-14(13)23(20,21)16-5-4-10-7-15-8-11(10)9-16;/h2-3,6,10-11,15H,4-5,7-9H2,1H3;1H. The van der Waals surface area contributed by atoms with E-state index in [-0.39, 0.29) is 28.7 Å². The van der Waals surface area contributed by atoms with Crippen molar-refractivity contribution in [2.75, 3.05) is 33.3 Å². The lowest BCUT2D eigenvalue weighted by Crippen LogP contribution is -2.43. The predicted molar refractivity (Wildman–Crippen MR) is 90.1 cm³/mol. The average molecular weight is 378 g/mol. The van der Waals surface area contributed by atoms with E-state index in [1.807, 2.05) is 0 Å². The van der Waals surface area contributed by atoms with E-state index in [1.165, 1.54) is 23.5 Å². The summed E-state index contributed by atoms with van der Waals surface area (Å²) in [5.74, 6) is 0.855. The molecule has 1 N–H and O–H groups in total. The Hall–Kier alpha value is -1.42. The smallest absolute Gasteiger partial charge is 0.273 e. The Morgan fingerprint density at radius 1 is 1.33 bits per heavy atom. The Morgan fingerprint density at radius 2 is 2.04 bits per heavy atom. The predicted octanol–water partition coefficient (Wildman–Crippen LogP) is 1.26. The van der Waals surface area contributed by atoms with Gasteiger partial charge in [0.15, 0.2) is 0 Å². The monoisotopic (exact) mass is 377 g/mol. The first-order valence-corrected chi connectivity index (χ1v) is 8.91. The lowest BCUT2D eigenvalue weighted by molar-refractivity contribution is -0.385. The number of fused-ring (bicyclic) bond motifs is 1. The summed E-state index contributed by atoms with van der Waals surface area (Å²) < 4.78 is 32.3. The number of hydrogen-bond acceptors (Lipinski definition) is 6. The fourth-order valence-electron chi connectivity index (χ4n) is 3.34. The second-order valence-electron chi connectivity index (χ2n) is 5.92. The number of ether oxygens (including phenoxy) is 1. The SMILES string of the molecule is COc1cc([N+](=O)[O-])ccc1S(=O)(=O)N1CCC2CNCC2C1.Cl. The van der Waals surface area contributed by atoms with Crippen LogP contribution in [-0.4, -0.2) is 50.9 Å². The molecule has 2 heterocycles. The Labute approximate surface area is 146 Å². The summed E-state index contributed by atoms with van der Waals surface area (Å²) >= 11 is 0. The van der Waals surface area contributed by atoms with E-state index in [0.717, 1.165) is 25.6 Å². The number of sulfonamides is 1. The summed E-state index contributed by atoms with van der Waals surface area (Å²) in [5, 5.41) is 14.1. The number of piperidine rings is 1. The van der Waals surface area contributed by atoms with Crippen LogP contribution in [-0.2, 0) is 10.0 Å². The molecule has 2 atom stereocenters. The molecule has 2 unspecified atom stereocenters. The molecule has 2 aliphatic heterocycles. The maximum absolute atomic E-state index is 12.9. The fraction of sp³-hybridized carbons (Fsp3) is 0.571. The molecule has 2 fully saturated rings. The molecule has 1 aromatic carbocycles. The van der Waals surface area contributed by atoms with Crippen molar-refractivity contribution in [3.8, 4) is 5.75 Å². The van der Waals surface area contributed by atoms with Crippen LogP contribution in [0.5, 0.6) is 5.75 Å². The number of nitrogens with zero attached hydrogens (tertiary/aromatic N) is 2. The zero-order chi connectivity index (χ0) is 16.6. The largest absolute Gasteiger partial charge is 0.495 e. The summed E-state index contributed by atoms with van der Waals surface area (Å²) in [6, 6.07) is 3.60. The number of non-ortho nitro benzene ring substituents is 1. The van der Waals surface area contributed by atoms with Crippen LogP contribution in [0.2, 0.25) is 0 Å². The van der Waals surface area contributed by atoms with Crippen LogP contribution in [0.25, 0.3) is 0 Å². The van der Waals surface area contributed by atoms with Gasteiger partial charge < -0.3 is 10.1 Å². The fourth-order valence-corrected chi connectivity index (χ4v) is 4.99. The van der Waals surface area contributed by atoms with Crippen LogP contribution < -0.4 is 10.1 Å². The van der Waals surface area contributed by atoms with Crippen LogP contribution in [0.4, 0.5) is 5.69 Å². The van der Waals surface area contributed by atoms with Crippen molar-refractivity contribution in [2.45, 2.75) is 11.3 Å². The minimum Gasteiger partial charge on any atom is -0.495 e. The van der Waals surface area contributed by atoms with E-state index in [0.29, 0.717) is 24.9 Å². The highest BCUT2D eigenvalue weighted by Crippen LogP contribution is 2.34. The summed E-state index contributed by atoms with van der Waals surface area (Å²) in [6.45, 7) is 2.71. The Morgan fingerprint density at radius 3 is 2.71 bits per heavy atom. The van der Waals surface area contributed by atoms with Crippen molar-refractivity contribution in [3.05, 3.63) is 28.3 Å². The molecule has 134 valence electrons. The minimum atomic E-state index is -3.73. The molecule has 0 bridgehead atoms. The van der Waals surface area contributed by atoms with Gasteiger partial charge >= 0.3 is 0 Å². The summed E-state index contributed by atoms with van der Waals surface area (Å²) in [4.78, 5) is 10.2. The molecule has 0 aromatic heterocycles. The van der Waals surface area contributed by atoms with Crippen LogP contribution in [0.1, 0.15) is 6.42 Å². The van der Waals surface area contributed by atoms with Gasteiger partial charge in [0.25, 0.3) is 5.69 Å². The topological polar surface area (TPSA) is 102 Å². The molecular weight excluding hydrogens is 358 g/mol. The first-order valence-electron chi connectivity index (χ1n) is 7.47. The molecule has 0 saturated carbocycles. The van der Waals surface area contributed by atoms with Gasteiger partial charge in [0.2, 0.25) is 10.0 Å². The molecule has 1 aromatic rings. The van der Waals surface area contributed by atoms with Crippen LogP contribution in [0.15, 0.2) is 23.1 Å². The average Bonchev–Trinajstić information content (AvgIpc) is 3.01. The van der Waals surface area contributed by atoms with Crippen molar-refractivity contribution in [3.63, 3.8) is 0 Å². The molecule has 8 nitrogen and oxygen atoms in total. The second-order valence-corrected chi connectivity index (χ2v) is 7.83. The molecule has 2 saturated heterocycles. The van der Waals surface area contributed by atoms with Gasteiger partial charge in [0, 0.05) is 19.2 Å². The van der Waals surface area contributed by atoms with E-state index in [1.54, 1.807) is 0 Å². The third-order valence-electron chi connectivity index (χ3n) is 4.64. The molecule has 24 heavy (non-hydrogen) atoms. The van der Waals surface area contributed by atoms with E-state index in [4.69, 9.17) is 4.74 Å². The summed E-state index contributed by atoms with van der Waals surface area (Å²) in [7, 11) is -2.42. The number of rotatable bonds is 4. The summed E-state index contributed by atoms with van der Waals surface area (Å²) in [6.07, 6.45) is 0.826. The molecule has 0 radical (unpaired) electrons. The molecular formula is C14H20ClN3O5S. The van der Waals surface area contributed by atoms with Gasteiger partial charge in [-0.1, -0.05) is 0 Å². The van der Waals surface area contributed by atoms with Gasteiger partial charge in [-0.3, -0.25) is 10.1 Å². The van der Waals surface area contributed by atoms with Gasteiger partial charge in [0.05, 0.1) is 18.1 Å². The highest BCUT2D eigenvalue weighted by atomic mass is 35.5.